The second kappa shape index (κ2) is 8.01. The van der Waals surface area contributed by atoms with Crippen molar-refractivity contribution in [3.63, 3.8) is 0 Å². The molecule has 0 bridgehead atoms. The number of nitrogens with one attached hydrogen (secondary N) is 2. The molecule has 0 fully saturated rings. The highest BCUT2D eigenvalue weighted by Crippen LogP contribution is 1.91. The molecule has 0 aliphatic carbocycles. The van der Waals surface area contributed by atoms with Crippen LogP contribution in [0.5, 0.6) is 0 Å². The highest BCUT2D eigenvalue weighted by molar-refractivity contribution is 5.75. The summed E-state index contributed by atoms with van der Waals surface area (Å²) in [6.45, 7) is 3.06. The van der Waals surface area contributed by atoms with Gasteiger partial charge in [0.25, 0.3) is 0 Å². The average Bonchev–Trinajstić information content (AvgIpc) is 2.12. The molecule has 0 spiro atoms. The van der Waals surface area contributed by atoms with Crippen molar-refractivity contribution in [2.75, 3.05) is 20.2 Å². The van der Waals surface area contributed by atoms with E-state index in [-0.39, 0.29) is 12.5 Å². The van der Waals surface area contributed by atoms with Gasteiger partial charge in [0.1, 0.15) is 0 Å². The summed E-state index contributed by atoms with van der Waals surface area (Å²) in [5, 5.41) is 14.4. The topological polar surface area (TPSA) is 61.4 Å². The molecule has 0 saturated heterocycles. The summed E-state index contributed by atoms with van der Waals surface area (Å²) < 4.78 is 0. The molecule has 1 unspecified atom stereocenters. The van der Waals surface area contributed by atoms with Gasteiger partial charge in [0, 0.05) is 26.1 Å². The van der Waals surface area contributed by atoms with E-state index in [1.54, 1.807) is 7.05 Å². The molecular weight excluding hydrogens is 168 g/mol. The Morgan fingerprint density at radius 3 is 2.77 bits per heavy atom. The minimum atomic E-state index is 0.0802. The molecule has 4 heteroatoms. The van der Waals surface area contributed by atoms with Gasteiger partial charge in [-0.1, -0.05) is 0 Å². The fraction of sp³-hybridized carbons (Fsp3) is 0.889. The Labute approximate surface area is 79.7 Å². The predicted molar refractivity (Wildman–Crippen MR) is 52.5 cm³/mol. The molecule has 0 aliphatic rings. The normalized spacial score (nSPS) is 12.5. The third-order valence-electron chi connectivity index (χ3n) is 1.91. The second-order valence-electron chi connectivity index (χ2n) is 3.14. The van der Waals surface area contributed by atoms with Gasteiger partial charge < -0.3 is 15.7 Å². The first-order valence-electron chi connectivity index (χ1n) is 4.75. The first-order chi connectivity index (χ1) is 6.20. The Kier molecular flexibility index (Phi) is 7.63. The number of aliphatic hydroxyl groups excluding tert-OH is 1. The Bertz CT molecular complexity index is 140. The third-order valence-corrected chi connectivity index (χ3v) is 1.91. The molecule has 1 amide bonds. The van der Waals surface area contributed by atoms with E-state index in [0.29, 0.717) is 12.5 Å². The van der Waals surface area contributed by atoms with Crippen molar-refractivity contribution in [2.24, 2.45) is 0 Å². The van der Waals surface area contributed by atoms with Crippen LogP contribution in [-0.2, 0) is 4.79 Å². The fourth-order valence-corrected chi connectivity index (χ4v) is 1.02. The lowest BCUT2D eigenvalue weighted by Gasteiger charge is -2.11. The fourth-order valence-electron chi connectivity index (χ4n) is 1.02. The van der Waals surface area contributed by atoms with Crippen molar-refractivity contribution >= 4 is 5.91 Å². The van der Waals surface area contributed by atoms with Gasteiger partial charge in [-0.25, -0.2) is 0 Å². The molecule has 0 rings (SSSR count). The molecule has 4 nitrogen and oxygen atoms in total. The van der Waals surface area contributed by atoms with Gasteiger partial charge in [0.05, 0.1) is 0 Å². The number of amides is 1. The second-order valence-corrected chi connectivity index (χ2v) is 3.14. The van der Waals surface area contributed by atoms with Gasteiger partial charge in [0.15, 0.2) is 0 Å². The number of aliphatic hydroxyl groups is 1. The van der Waals surface area contributed by atoms with Gasteiger partial charge in [-0.3, -0.25) is 4.79 Å². The lowest BCUT2D eigenvalue weighted by Crippen LogP contribution is -2.29. The van der Waals surface area contributed by atoms with Crippen LogP contribution in [0.15, 0.2) is 0 Å². The Balaban J connectivity index is 3.20. The first-order valence-corrected chi connectivity index (χ1v) is 4.75. The van der Waals surface area contributed by atoms with E-state index in [4.69, 9.17) is 5.11 Å². The van der Waals surface area contributed by atoms with Crippen molar-refractivity contribution in [1.82, 2.24) is 10.6 Å². The van der Waals surface area contributed by atoms with E-state index in [1.165, 1.54) is 0 Å². The van der Waals surface area contributed by atoms with Crippen LogP contribution in [0.3, 0.4) is 0 Å². The van der Waals surface area contributed by atoms with Crippen LogP contribution in [0.2, 0.25) is 0 Å². The maximum atomic E-state index is 10.8. The first kappa shape index (κ1) is 12.4. The zero-order valence-electron chi connectivity index (χ0n) is 8.47. The van der Waals surface area contributed by atoms with E-state index in [1.807, 2.05) is 6.92 Å². The van der Waals surface area contributed by atoms with Gasteiger partial charge in [-0.15, -0.1) is 0 Å². The van der Waals surface area contributed by atoms with Gasteiger partial charge >= 0.3 is 0 Å². The largest absolute Gasteiger partial charge is 0.396 e. The number of hydrogen-bond donors (Lipinski definition) is 3. The lowest BCUT2D eigenvalue weighted by molar-refractivity contribution is -0.120. The third kappa shape index (κ3) is 7.74. The maximum absolute atomic E-state index is 10.8. The molecule has 3 N–H and O–H groups in total. The molecule has 0 aromatic rings. The molecule has 0 aliphatic heterocycles. The summed E-state index contributed by atoms with van der Waals surface area (Å²) in [6.07, 6.45) is 2.17. The van der Waals surface area contributed by atoms with Crippen LogP contribution in [0.1, 0.15) is 26.2 Å². The van der Waals surface area contributed by atoms with Crippen molar-refractivity contribution < 1.29 is 9.90 Å². The molecule has 0 radical (unpaired) electrons. The van der Waals surface area contributed by atoms with Crippen molar-refractivity contribution in [3.05, 3.63) is 0 Å². The van der Waals surface area contributed by atoms with Crippen LogP contribution in [0.4, 0.5) is 0 Å². The molecule has 0 aromatic heterocycles. The smallest absolute Gasteiger partial charge is 0.219 e. The van der Waals surface area contributed by atoms with Crippen molar-refractivity contribution in [2.45, 2.75) is 32.2 Å². The molecular formula is C9H20N2O2. The molecule has 0 heterocycles. The van der Waals surface area contributed by atoms with E-state index in [2.05, 4.69) is 10.6 Å². The Morgan fingerprint density at radius 2 is 2.23 bits per heavy atom. The highest BCUT2D eigenvalue weighted by atomic mass is 16.3. The van der Waals surface area contributed by atoms with Gasteiger partial charge in [0.2, 0.25) is 5.91 Å². The van der Waals surface area contributed by atoms with Crippen LogP contribution >= 0.6 is 0 Å². The minimum absolute atomic E-state index is 0.0802. The van der Waals surface area contributed by atoms with Crippen LogP contribution < -0.4 is 10.6 Å². The van der Waals surface area contributed by atoms with E-state index >= 15 is 0 Å². The van der Waals surface area contributed by atoms with Crippen LogP contribution in [0, 0.1) is 0 Å². The number of carbonyl (C=O) groups is 1. The SMILES string of the molecule is CNC(=O)CCCNC(C)CCO. The van der Waals surface area contributed by atoms with Gasteiger partial charge in [-0.2, -0.15) is 0 Å². The summed E-state index contributed by atoms with van der Waals surface area (Å²) in [6, 6.07) is 0.328. The summed E-state index contributed by atoms with van der Waals surface area (Å²) in [7, 11) is 1.64. The summed E-state index contributed by atoms with van der Waals surface area (Å²) >= 11 is 0. The zero-order valence-corrected chi connectivity index (χ0v) is 8.47. The average molecular weight is 188 g/mol. The molecule has 1 atom stereocenters. The number of carbonyl (C=O) groups excluding carboxylic acids is 1. The van der Waals surface area contributed by atoms with Crippen LogP contribution in [0.25, 0.3) is 0 Å². The Hall–Kier alpha value is -0.610. The molecule has 13 heavy (non-hydrogen) atoms. The van der Waals surface area contributed by atoms with Gasteiger partial charge in [-0.05, 0) is 26.3 Å². The predicted octanol–water partition coefficient (Wildman–Crippen LogP) is -0.127. The van der Waals surface area contributed by atoms with E-state index in [0.717, 1.165) is 19.4 Å². The molecule has 0 saturated carbocycles. The van der Waals surface area contributed by atoms with Crippen molar-refractivity contribution in [1.29, 1.82) is 0 Å². The Morgan fingerprint density at radius 1 is 1.54 bits per heavy atom. The summed E-state index contributed by atoms with van der Waals surface area (Å²) in [5.74, 6) is 0.0802. The highest BCUT2D eigenvalue weighted by Gasteiger charge is 2.00. The molecule has 78 valence electrons. The number of hydrogen-bond acceptors (Lipinski definition) is 3. The number of rotatable bonds is 7. The van der Waals surface area contributed by atoms with E-state index in [9.17, 15) is 4.79 Å². The minimum Gasteiger partial charge on any atom is -0.396 e. The van der Waals surface area contributed by atoms with Crippen LogP contribution in [-0.4, -0.2) is 37.3 Å². The standard InChI is InChI=1S/C9H20N2O2/c1-8(5-7-12)11-6-3-4-9(13)10-2/h8,11-12H,3-7H2,1-2H3,(H,10,13). The summed E-state index contributed by atoms with van der Waals surface area (Å²) in [4.78, 5) is 10.8. The monoisotopic (exact) mass is 188 g/mol. The molecule has 0 aromatic carbocycles. The van der Waals surface area contributed by atoms with Crippen molar-refractivity contribution in [3.8, 4) is 0 Å². The quantitative estimate of drug-likeness (QED) is 0.488. The maximum Gasteiger partial charge on any atom is 0.219 e. The van der Waals surface area contributed by atoms with E-state index < -0.39 is 0 Å². The summed E-state index contributed by atoms with van der Waals surface area (Å²) in [5.41, 5.74) is 0. The lowest BCUT2D eigenvalue weighted by atomic mass is 10.2. The zero-order chi connectivity index (χ0) is 10.1.